The lowest BCUT2D eigenvalue weighted by Gasteiger charge is -2.23. The van der Waals surface area contributed by atoms with Gasteiger partial charge in [-0.15, -0.1) is 0 Å². The minimum absolute atomic E-state index is 0.0500. The van der Waals surface area contributed by atoms with Crippen LogP contribution in [0.1, 0.15) is 31.4 Å². The average Bonchev–Trinajstić information content (AvgIpc) is 3.32. The van der Waals surface area contributed by atoms with Crippen LogP contribution in [0.4, 0.5) is 5.82 Å². The van der Waals surface area contributed by atoms with Gasteiger partial charge in [-0.1, -0.05) is 6.07 Å². The molecule has 1 N–H and O–H groups in total. The highest BCUT2D eigenvalue weighted by Gasteiger charge is 2.36. The van der Waals surface area contributed by atoms with Gasteiger partial charge >= 0.3 is 0 Å². The largest absolute Gasteiger partial charge is 0.390 e. The van der Waals surface area contributed by atoms with Crippen molar-refractivity contribution in [2.24, 2.45) is 5.92 Å². The molecule has 2 aliphatic rings. The standard InChI is InChI=1S/C15H19N3O/c19-10-13-15(16-14-3-1-2-8-17(13)14)18(12-6-7-12)9-11-4-5-11/h1-3,8,11-12,19H,4-7,9-10H2. The first-order valence-electron chi connectivity index (χ1n) is 7.20. The molecule has 2 heterocycles. The van der Waals surface area contributed by atoms with Gasteiger partial charge in [-0.3, -0.25) is 4.40 Å². The molecule has 4 heteroatoms. The summed E-state index contributed by atoms with van der Waals surface area (Å²) in [5.74, 6) is 1.85. The number of fused-ring (bicyclic) bond motifs is 1. The first-order chi connectivity index (χ1) is 9.36. The summed E-state index contributed by atoms with van der Waals surface area (Å²) in [7, 11) is 0. The van der Waals surface area contributed by atoms with E-state index < -0.39 is 0 Å². The Morgan fingerprint density at radius 3 is 2.79 bits per heavy atom. The molecule has 0 saturated heterocycles. The van der Waals surface area contributed by atoms with E-state index in [4.69, 9.17) is 4.98 Å². The quantitative estimate of drug-likeness (QED) is 0.892. The highest BCUT2D eigenvalue weighted by atomic mass is 16.3. The summed E-state index contributed by atoms with van der Waals surface area (Å²) in [6.07, 6.45) is 7.23. The van der Waals surface area contributed by atoms with Crippen molar-refractivity contribution >= 4 is 11.5 Å². The number of imidazole rings is 1. The van der Waals surface area contributed by atoms with E-state index >= 15 is 0 Å². The minimum atomic E-state index is 0.0500. The van der Waals surface area contributed by atoms with E-state index in [-0.39, 0.29) is 6.61 Å². The summed E-state index contributed by atoms with van der Waals surface area (Å²) in [6, 6.07) is 6.64. The molecule has 0 amide bonds. The minimum Gasteiger partial charge on any atom is -0.390 e. The lowest BCUT2D eigenvalue weighted by Crippen LogP contribution is -2.29. The molecule has 2 aliphatic carbocycles. The van der Waals surface area contributed by atoms with Crippen LogP contribution in [0.2, 0.25) is 0 Å². The SMILES string of the molecule is OCc1c(N(CC2CC2)C2CC2)nc2ccccn12. The molecule has 0 radical (unpaired) electrons. The Balaban J connectivity index is 1.78. The molecule has 2 aromatic heterocycles. The molecule has 0 aliphatic heterocycles. The van der Waals surface area contributed by atoms with Crippen molar-refractivity contribution < 1.29 is 5.11 Å². The van der Waals surface area contributed by atoms with Gasteiger partial charge in [-0.2, -0.15) is 0 Å². The van der Waals surface area contributed by atoms with Crippen LogP contribution in [0.15, 0.2) is 24.4 Å². The number of aliphatic hydroxyl groups excluding tert-OH is 1. The third kappa shape index (κ3) is 2.00. The summed E-state index contributed by atoms with van der Waals surface area (Å²) in [5.41, 5.74) is 1.87. The van der Waals surface area contributed by atoms with Crippen molar-refractivity contribution in [3.05, 3.63) is 30.1 Å². The molecular formula is C15H19N3O. The number of hydrogen-bond donors (Lipinski definition) is 1. The van der Waals surface area contributed by atoms with Gasteiger partial charge in [0, 0.05) is 18.8 Å². The predicted molar refractivity (Wildman–Crippen MR) is 74.2 cm³/mol. The molecule has 100 valence electrons. The molecule has 2 aromatic rings. The maximum absolute atomic E-state index is 9.72. The Morgan fingerprint density at radius 2 is 2.11 bits per heavy atom. The second kappa shape index (κ2) is 4.23. The van der Waals surface area contributed by atoms with Crippen LogP contribution in [-0.4, -0.2) is 27.1 Å². The molecule has 0 bridgehead atoms. The Kier molecular flexibility index (Phi) is 2.52. The lowest BCUT2D eigenvalue weighted by molar-refractivity contribution is 0.276. The van der Waals surface area contributed by atoms with E-state index in [1.165, 1.54) is 25.7 Å². The summed E-state index contributed by atoms with van der Waals surface area (Å²) in [4.78, 5) is 7.20. The van der Waals surface area contributed by atoms with Crippen LogP contribution >= 0.6 is 0 Å². The normalized spacial score (nSPS) is 19.0. The summed E-state index contributed by atoms with van der Waals surface area (Å²) in [5, 5.41) is 9.72. The third-order valence-electron chi connectivity index (χ3n) is 4.17. The van der Waals surface area contributed by atoms with E-state index in [1.807, 2.05) is 28.8 Å². The molecule has 4 rings (SSSR count). The Bertz CT molecular complexity index is 598. The molecule has 0 aromatic carbocycles. The summed E-state index contributed by atoms with van der Waals surface area (Å²) >= 11 is 0. The van der Waals surface area contributed by atoms with Gasteiger partial charge < -0.3 is 10.0 Å². The first kappa shape index (κ1) is 11.3. The van der Waals surface area contributed by atoms with E-state index in [0.717, 1.165) is 29.6 Å². The lowest BCUT2D eigenvalue weighted by atomic mass is 10.3. The average molecular weight is 257 g/mol. The molecule has 0 spiro atoms. The number of hydrogen-bond acceptors (Lipinski definition) is 3. The Morgan fingerprint density at radius 1 is 1.26 bits per heavy atom. The maximum Gasteiger partial charge on any atom is 0.153 e. The van der Waals surface area contributed by atoms with Crippen LogP contribution < -0.4 is 4.90 Å². The fourth-order valence-corrected chi connectivity index (χ4v) is 2.78. The predicted octanol–water partition coefficient (Wildman–Crippen LogP) is 2.21. The van der Waals surface area contributed by atoms with Gasteiger partial charge in [0.05, 0.1) is 12.3 Å². The van der Waals surface area contributed by atoms with E-state index in [9.17, 15) is 5.11 Å². The van der Waals surface area contributed by atoms with Crippen molar-refractivity contribution in [3.8, 4) is 0 Å². The highest BCUT2D eigenvalue weighted by Crippen LogP contribution is 2.38. The van der Waals surface area contributed by atoms with Crippen molar-refractivity contribution in [1.82, 2.24) is 9.38 Å². The molecule has 2 fully saturated rings. The van der Waals surface area contributed by atoms with Gasteiger partial charge in [-0.25, -0.2) is 4.98 Å². The fourth-order valence-electron chi connectivity index (χ4n) is 2.78. The van der Waals surface area contributed by atoms with Crippen molar-refractivity contribution in [1.29, 1.82) is 0 Å². The summed E-state index contributed by atoms with van der Waals surface area (Å²) in [6.45, 7) is 1.16. The monoisotopic (exact) mass is 257 g/mol. The van der Waals surface area contributed by atoms with Crippen LogP contribution in [0.25, 0.3) is 5.65 Å². The maximum atomic E-state index is 9.72. The van der Waals surface area contributed by atoms with E-state index in [0.29, 0.717) is 6.04 Å². The summed E-state index contributed by atoms with van der Waals surface area (Å²) < 4.78 is 2.01. The fraction of sp³-hybridized carbons (Fsp3) is 0.533. The van der Waals surface area contributed by atoms with Gasteiger partial charge in [0.2, 0.25) is 0 Å². The topological polar surface area (TPSA) is 40.8 Å². The molecule has 19 heavy (non-hydrogen) atoms. The molecule has 0 unspecified atom stereocenters. The second-order valence-corrected chi connectivity index (χ2v) is 5.80. The third-order valence-corrected chi connectivity index (χ3v) is 4.17. The number of rotatable bonds is 5. The zero-order valence-electron chi connectivity index (χ0n) is 11.0. The van der Waals surface area contributed by atoms with Crippen LogP contribution in [0.3, 0.4) is 0 Å². The van der Waals surface area contributed by atoms with Crippen LogP contribution in [0, 0.1) is 5.92 Å². The smallest absolute Gasteiger partial charge is 0.153 e. The van der Waals surface area contributed by atoms with E-state index in [2.05, 4.69) is 4.90 Å². The van der Waals surface area contributed by atoms with Crippen LogP contribution in [0.5, 0.6) is 0 Å². The van der Waals surface area contributed by atoms with Crippen LogP contribution in [-0.2, 0) is 6.61 Å². The number of aliphatic hydroxyl groups is 1. The number of aromatic nitrogens is 2. The molecule has 4 nitrogen and oxygen atoms in total. The van der Waals surface area contributed by atoms with E-state index in [1.54, 1.807) is 0 Å². The molecular weight excluding hydrogens is 238 g/mol. The van der Waals surface area contributed by atoms with Crippen molar-refractivity contribution in [2.75, 3.05) is 11.4 Å². The van der Waals surface area contributed by atoms with Gasteiger partial charge in [0.15, 0.2) is 5.82 Å². The zero-order chi connectivity index (χ0) is 12.8. The first-order valence-corrected chi connectivity index (χ1v) is 7.20. The van der Waals surface area contributed by atoms with Gasteiger partial charge in [-0.05, 0) is 43.7 Å². The number of anilines is 1. The Hall–Kier alpha value is -1.55. The number of pyridine rings is 1. The highest BCUT2D eigenvalue weighted by molar-refractivity contribution is 5.57. The molecule has 0 atom stereocenters. The molecule has 2 saturated carbocycles. The van der Waals surface area contributed by atoms with Gasteiger partial charge in [0.25, 0.3) is 0 Å². The van der Waals surface area contributed by atoms with Crippen molar-refractivity contribution in [3.63, 3.8) is 0 Å². The Labute approximate surface area is 112 Å². The zero-order valence-corrected chi connectivity index (χ0v) is 11.0. The van der Waals surface area contributed by atoms with Gasteiger partial charge in [0.1, 0.15) is 5.65 Å². The number of nitrogens with zero attached hydrogens (tertiary/aromatic N) is 3. The van der Waals surface area contributed by atoms with Crippen molar-refractivity contribution in [2.45, 2.75) is 38.3 Å². The second-order valence-electron chi connectivity index (χ2n) is 5.80.